The van der Waals surface area contributed by atoms with E-state index in [0.717, 1.165) is 12.3 Å². The molecule has 0 bridgehead atoms. The highest BCUT2D eigenvalue weighted by Crippen LogP contribution is 2.27. The van der Waals surface area contributed by atoms with Gasteiger partial charge in [-0.05, 0) is 23.8 Å². The minimum absolute atomic E-state index is 0.0612. The van der Waals surface area contributed by atoms with E-state index in [1.165, 1.54) is 15.1 Å². The third kappa shape index (κ3) is 2.51. The summed E-state index contributed by atoms with van der Waals surface area (Å²) in [5.41, 5.74) is -0.380. The average molecular weight is 294 g/mol. The smallest absolute Gasteiger partial charge is 0.251 e. The molecule has 0 amide bonds. The Hall–Kier alpha value is -2.64. The number of hydrogen-bond acceptors (Lipinski definition) is 3. The molecule has 5 nitrogen and oxygen atoms in total. The molecule has 0 aliphatic carbocycles. The number of pyridine rings is 2. The zero-order valence-electron chi connectivity index (χ0n) is 10.6. The van der Waals surface area contributed by atoms with Gasteiger partial charge in [-0.2, -0.15) is 13.2 Å². The van der Waals surface area contributed by atoms with Gasteiger partial charge in [0, 0.05) is 12.4 Å². The lowest BCUT2D eigenvalue weighted by molar-refractivity contribution is -0.141. The van der Waals surface area contributed by atoms with Crippen molar-refractivity contribution in [2.24, 2.45) is 0 Å². The van der Waals surface area contributed by atoms with Crippen molar-refractivity contribution in [3.05, 3.63) is 64.5 Å². The second kappa shape index (κ2) is 4.72. The molecule has 21 heavy (non-hydrogen) atoms. The first kappa shape index (κ1) is 13.3. The summed E-state index contributed by atoms with van der Waals surface area (Å²) < 4.78 is 39.8. The lowest BCUT2D eigenvalue weighted by Crippen LogP contribution is -2.21. The molecule has 0 N–H and O–H groups in total. The van der Waals surface area contributed by atoms with E-state index in [9.17, 15) is 18.0 Å². The maximum atomic E-state index is 12.4. The van der Waals surface area contributed by atoms with Crippen molar-refractivity contribution in [1.82, 2.24) is 19.2 Å². The third-order valence-electron chi connectivity index (χ3n) is 2.94. The average Bonchev–Trinajstić information content (AvgIpc) is 2.76. The Morgan fingerprint density at radius 3 is 2.57 bits per heavy atom. The predicted octanol–water partition coefficient (Wildman–Crippen LogP) is 1.96. The van der Waals surface area contributed by atoms with Crippen LogP contribution in [-0.2, 0) is 12.7 Å². The van der Waals surface area contributed by atoms with Crippen LogP contribution in [0.15, 0.2) is 47.5 Å². The number of alkyl halides is 3. The van der Waals surface area contributed by atoms with Crippen molar-refractivity contribution in [3.8, 4) is 0 Å². The van der Waals surface area contributed by atoms with E-state index in [1.54, 1.807) is 24.4 Å². The van der Waals surface area contributed by atoms with Crippen LogP contribution < -0.4 is 5.69 Å². The number of aromatic nitrogens is 4. The van der Waals surface area contributed by atoms with Crippen molar-refractivity contribution in [1.29, 1.82) is 0 Å². The van der Waals surface area contributed by atoms with Gasteiger partial charge < -0.3 is 0 Å². The molecule has 0 fully saturated rings. The van der Waals surface area contributed by atoms with Gasteiger partial charge in [0.25, 0.3) is 0 Å². The summed E-state index contributed by atoms with van der Waals surface area (Å²) in [6, 6.07) is 7.28. The van der Waals surface area contributed by atoms with Crippen molar-refractivity contribution >= 4 is 5.65 Å². The molecule has 8 heteroatoms. The van der Waals surface area contributed by atoms with Crippen molar-refractivity contribution < 1.29 is 13.2 Å². The molecule has 0 unspecified atom stereocenters. The molecule has 3 aromatic rings. The van der Waals surface area contributed by atoms with Gasteiger partial charge in [0.2, 0.25) is 0 Å². The number of rotatable bonds is 2. The first-order valence-electron chi connectivity index (χ1n) is 6.01. The standard InChI is InChI=1S/C13H9F3N4O/c14-13(15,16)10-5-4-9(7-17-10)8-20-12(21)19-6-2-1-3-11(19)18-20/h1-7H,8H2. The van der Waals surface area contributed by atoms with Gasteiger partial charge in [-0.25, -0.2) is 9.48 Å². The fourth-order valence-corrected chi connectivity index (χ4v) is 1.93. The Labute approximate surface area is 116 Å². The van der Waals surface area contributed by atoms with Gasteiger partial charge in [-0.15, -0.1) is 5.10 Å². The van der Waals surface area contributed by atoms with E-state index in [2.05, 4.69) is 10.1 Å². The largest absolute Gasteiger partial charge is 0.433 e. The summed E-state index contributed by atoms with van der Waals surface area (Å²) in [7, 11) is 0. The monoisotopic (exact) mass is 294 g/mol. The molecule has 0 aliphatic heterocycles. The van der Waals surface area contributed by atoms with Crippen LogP contribution in [0.1, 0.15) is 11.3 Å². The SMILES string of the molecule is O=c1n(Cc2ccc(C(F)(F)F)nc2)nc2ccccn12. The second-order valence-electron chi connectivity index (χ2n) is 4.42. The number of fused-ring (bicyclic) bond motifs is 1. The normalized spacial score (nSPS) is 12.0. The summed E-state index contributed by atoms with van der Waals surface area (Å²) in [6.07, 6.45) is -1.80. The first-order valence-corrected chi connectivity index (χ1v) is 6.01. The van der Waals surface area contributed by atoms with E-state index >= 15 is 0 Å². The van der Waals surface area contributed by atoms with Crippen molar-refractivity contribution in [2.75, 3.05) is 0 Å². The number of halogens is 3. The quantitative estimate of drug-likeness (QED) is 0.726. The van der Waals surface area contributed by atoms with Crippen molar-refractivity contribution in [2.45, 2.75) is 12.7 Å². The molecule has 0 aliphatic rings. The van der Waals surface area contributed by atoms with Crippen LogP contribution in [0.5, 0.6) is 0 Å². The van der Waals surface area contributed by atoms with Crippen LogP contribution in [0.25, 0.3) is 5.65 Å². The van der Waals surface area contributed by atoms with E-state index in [0.29, 0.717) is 11.2 Å². The van der Waals surface area contributed by atoms with Gasteiger partial charge in [0.05, 0.1) is 6.54 Å². The van der Waals surface area contributed by atoms with Gasteiger partial charge in [-0.3, -0.25) is 9.38 Å². The second-order valence-corrected chi connectivity index (χ2v) is 4.42. The van der Waals surface area contributed by atoms with E-state index in [4.69, 9.17) is 0 Å². The van der Waals surface area contributed by atoms with Gasteiger partial charge in [0.15, 0.2) is 5.65 Å². The molecule has 0 aromatic carbocycles. The molecule has 108 valence electrons. The van der Waals surface area contributed by atoms with Crippen LogP contribution in [-0.4, -0.2) is 19.2 Å². The lowest BCUT2D eigenvalue weighted by atomic mass is 10.2. The van der Waals surface area contributed by atoms with Crippen LogP contribution in [0.3, 0.4) is 0 Å². The molecular weight excluding hydrogens is 285 g/mol. The summed E-state index contributed by atoms with van der Waals surface area (Å²) in [5, 5.41) is 4.10. The molecule has 0 radical (unpaired) electrons. The third-order valence-corrected chi connectivity index (χ3v) is 2.94. The molecule has 0 saturated carbocycles. The van der Waals surface area contributed by atoms with E-state index < -0.39 is 11.9 Å². The van der Waals surface area contributed by atoms with Gasteiger partial charge >= 0.3 is 11.9 Å². The summed E-state index contributed by atoms with van der Waals surface area (Å²) in [6.45, 7) is 0.0612. The van der Waals surface area contributed by atoms with E-state index in [-0.39, 0.29) is 12.2 Å². The number of nitrogens with zero attached hydrogens (tertiary/aromatic N) is 4. The highest BCUT2D eigenvalue weighted by molar-refractivity contribution is 5.35. The molecule has 3 rings (SSSR count). The Morgan fingerprint density at radius 1 is 1.14 bits per heavy atom. The lowest BCUT2D eigenvalue weighted by Gasteiger charge is -2.06. The minimum atomic E-state index is -4.47. The Kier molecular flexibility index (Phi) is 3.00. The van der Waals surface area contributed by atoms with Crippen LogP contribution in [0.2, 0.25) is 0 Å². The highest BCUT2D eigenvalue weighted by atomic mass is 19.4. The molecule has 0 atom stereocenters. The maximum Gasteiger partial charge on any atom is 0.433 e. The van der Waals surface area contributed by atoms with Gasteiger partial charge in [-0.1, -0.05) is 12.1 Å². The van der Waals surface area contributed by atoms with E-state index in [1.807, 2.05) is 0 Å². The van der Waals surface area contributed by atoms with Crippen molar-refractivity contribution in [3.63, 3.8) is 0 Å². The van der Waals surface area contributed by atoms with Crippen LogP contribution >= 0.6 is 0 Å². The fourth-order valence-electron chi connectivity index (χ4n) is 1.93. The summed E-state index contributed by atoms with van der Waals surface area (Å²) in [5.74, 6) is 0. The topological polar surface area (TPSA) is 52.2 Å². The Balaban J connectivity index is 1.92. The number of hydrogen-bond donors (Lipinski definition) is 0. The van der Waals surface area contributed by atoms with Crippen LogP contribution in [0.4, 0.5) is 13.2 Å². The molecular formula is C13H9F3N4O. The predicted molar refractivity (Wildman–Crippen MR) is 67.8 cm³/mol. The van der Waals surface area contributed by atoms with Gasteiger partial charge in [0.1, 0.15) is 5.69 Å². The Morgan fingerprint density at radius 2 is 1.95 bits per heavy atom. The molecule has 3 aromatic heterocycles. The van der Waals surface area contributed by atoms with Crippen LogP contribution in [0, 0.1) is 0 Å². The fraction of sp³-hybridized carbons (Fsp3) is 0.154. The zero-order valence-corrected chi connectivity index (χ0v) is 10.6. The Bertz CT molecular complexity index is 833. The summed E-state index contributed by atoms with van der Waals surface area (Å²) in [4.78, 5) is 15.4. The highest BCUT2D eigenvalue weighted by Gasteiger charge is 2.32. The maximum absolute atomic E-state index is 12.4. The molecule has 3 heterocycles. The molecule has 0 saturated heterocycles. The zero-order chi connectivity index (χ0) is 15.0. The first-order chi connectivity index (χ1) is 9.95. The molecule has 0 spiro atoms. The minimum Gasteiger partial charge on any atom is -0.251 e. The summed E-state index contributed by atoms with van der Waals surface area (Å²) >= 11 is 0.